The fourth-order valence-electron chi connectivity index (χ4n) is 1.39. The van der Waals surface area contributed by atoms with Crippen molar-refractivity contribution in [3.8, 4) is 6.08 Å². The highest BCUT2D eigenvalue weighted by Gasteiger charge is 2.12. The van der Waals surface area contributed by atoms with Crippen molar-refractivity contribution >= 4 is 17.2 Å². The smallest absolute Gasteiger partial charge is 0.394 e. The van der Waals surface area contributed by atoms with Gasteiger partial charge in [-0.25, -0.2) is 0 Å². The molecular weight excluding hydrogens is 252 g/mol. The number of hydrogen-bond acceptors (Lipinski definition) is 5. The first-order valence-electron chi connectivity index (χ1n) is 5.61. The van der Waals surface area contributed by atoms with Gasteiger partial charge in [0.25, 0.3) is 5.91 Å². The van der Waals surface area contributed by atoms with E-state index in [0.717, 1.165) is 4.88 Å². The van der Waals surface area contributed by atoms with E-state index in [9.17, 15) is 4.79 Å². The molecule has 0 radical (unpaired) electrons. The number of rotatable bonds is 5. The van der Waals surface area contributed by atoms with E-state index in [4.69, 9.17) is 9.15 Å². The van der Waals surface area contributed by atoms with Gasteiger partial charge in [0.2, 0.25) is 0 Å². The summed E-state index contributed by atoms with van der Waals surface area (Å²) < 4.78 is 10.0. The van der Waals surface area contributed by atoms with Crippen LogP contribution in [0.4, 0.5) is 0 Å². The Morgan fingerprint density at radius 3 is 3.06 bits per heavy atom. The lowest BCUT2D eigenvalue weighted by molar-refractivity contribution is 0.0946. The maximum Gasteiger partial charge on any atom is 0.394 e. The predicted molar refractivity (Wildman–Crippen MR) is 67.9 cm³/mol. The van der Waals surface area contributed by atoms with Crippen LogP contribution in [0, 0.1) is 6.92 Å². The molecule has 2 aromatic rings. The van der Waals surface area contributed by atoms with Crippen LogP contribution in [-0.2, 0) is 6.54 Å². The van der Waals surface area contributed by atoms with Gasteiger partial charge in [-0.05, 0) is 26.0 Å². The first-order valence-corrected chi connectivity index (χ1v) is 6.42. The molecule has 96 valence electrons. The van der Waals surface area contributed by atoms with E-state index < -0.39 is 0 Å². The summed E-state index contributed by atoms with van der Waals surface area (Å²) in [6.07, 6.45) is 1.41. The van der Waals surface area contributed by atoms with Crippen molar-refractivity contribution in [2.75, 3.05) is 6.61 Å². The number of hydrogen-bond donors (Lipinski definition) is 1. The number of nitrogens with one attached hydrogen (secondary N) is 1. The number of amides is 1. The Morgan fingerprint density at radius 1 is 1.56 bits per heavy atom. The molecule has 2 heterocycles. The molecule has 0 aromatic carbocycles. The summed E-state index contributed by atoms with van der Waals surface area (Å²) in [6.45, 7) is 4.80. The fraction of sp³-hybridized carbons (Fsp3) is 0.333. The second-order valence-corrected chi connectivity index (χ2v) is 5.00. The van der Waals surface area contributed by atoms with E-state index >= 15 is 0 Å². The molecule has 0 aliphatic rings. The molecule has 2 rings (SSSR count). The number of aryl methyl sites for hydroxylation is 1. The van der Waals surface area contributed by atoms with Crippen molar-refractivity contribution in [3.05, 3.63) is 33.8 Å². The summed E-state index contributed by atoms with van der Waals surface area (Å²) in [5.74, 6) is -0.268. The lowest BCUT2D eigenvalue weighted by Crippen LogP contribution is -2.22. The van der Waals surface area contributed by atoms with Crippen LogP contribution in [-0.4, -0.2) is 17.5 Å². The Labute approximate surface area is 109 Å². The van der Waals surface area contributed by atoms with Crippen molar-refractivity contribution in [2.24, 2.45) is 0 Å². The number of nitrogens with zero attached hydrogens (tertiary/aromatic N) is 1. The Bertz CT molecular complexity index is 533. The minimum Gasteiger partial charge on any atom is -0.450 e. The summed E-state index contributed by atoms with van der Waals surface area (Å²) in [5.41, 5.74) is 0.228. The van der Waals surface area contributed by atoms with Gasteiger partial charge >= 0.3 is 6.08 Å². The summed E-state index contributed by atoms with van der Waals surface area (Å²) in [5, 5.41) is 2.78. The maximum atomic E-state index is 11.8. The number of ether oxygens (including phenoxy) is 1. The van der Waals surface area contributed by atoms with Gasteiger partial charge in [0.1, 0.15) is 6.26 Å². The number of aromatic nitrogens is 1. The number of carbonyl (C=O) groups excluding carboxylic acids is 1. The van der Waals surface area contributed by atoms with Crippen molar-refractivity contribution in [2.45, 2.75) is 20.4 Å². The van der Waals surface area contributed by atoms with Crippen molar-refractivity contribution in [3.63, 3.8) is 0 Å². The molecule has 1 amide bonds. The minimum absolute atomic E-state index is 0.120. The molecule has 0 bridgehead atoms. The summed E-state index contributed by atoms with van der Waals surface area (Å²) in [4.78, 5) is 18.0. The molecule has 0 fully saturated rings. The van der Waals surface area contributed by atoms with Crippen LogP contribution < -0.4 is 10.1 Å². The van der Waals surface area contributed by atoms with Gasteiger partial charge in [-0.15, -0.1) is 11.3 Å². The van der Waals surface area contributed by atoms with Gasteiger partial charge < -0.3 is 14.5 Å². The zero-order valence-electron chi connectivity index (χ0n) is 10.2. The zero-order chi connectivity index (χ0) is 13.0. The second kappa shape index (κ2) is 5.68. The van der Waals surface area contributed by atoms with Gasteiger partial charge in [-0.1, -0.05) is 0 Å². The lowest BCUT2D eigenvalue weighted by Gasteiger charge is -1.99. The van der Waals surface area contributed by atoms with Gasteiger partial charge in [-0.3, -0.25) is 4.79 Å². The highest BCUT2D eigenvalue weighted by Crippen LogP contribution is 2.15. The normalized spacial score (nSPS) is 10.3. The van der Waals surface area contributed by atoms with Crippen LogP contribution in [0.5, 0.6) is 6.08 Å². The number of thiophene rings is 1. The summed E-state index contributed by atoms with van der Waals surface area (Å²) >= 11 is 1.65. The molecule has 5 nitrogen and oxygen atoms in total. The molecule has 0 atom stereocenters. The zero-order valence-corrected chi connectivity index (χ0v) is 11.0. The topological polar surface area (TPSA) is 64.4 Å². The molecule has 0 saturated heterocycles. The minimum atomic E-state index is -0.268. The summed E-state index contributed by atoms with van der Waals surface area (Å²) in [7, 11) is 0. The molecule has 0 aliphatic heterocycles. The Hall–Kier alpha value is -1.82. The first kappa shape index (κ1) is 12.6. The third kappa shape index (κ3) is 3.10. The highest BCUT2D eigenvalue weighted by atomic mass is 32.1. The highest BCUT2D eigenvalue weighted by molar-refractivity contribution is 7.11. The molecule has 0 unspecified atom stereocenters. The average molecular weight is 266 g/mol. The molecule has 0 spiro atoms. The first-order chi connectivity index (χ1) is 8.69. The van der Waals surface area contributed by atoms with Crippen LogP contribution in [0.1, 0.15) is 27.2 Å². The van der Waals surface area contributed by atoms with Crippen LogP contribution in [0.2, 0.25) is 0 Å². The Balaban J connectivity index is 1.90. The van der Waals surface area contributed by atoms with Crippen molar-refractivity contribution in [1.82, 2.24) is 10.3 Å². The van der Waals surface area contributed by atoms with E-state index in [1.165, 1.54) is 11.1 Å². The van der Waals surface area contributed by atoms with Gasteiger partial charge in [0.15, 0.2) is 5.69 Å². The third-order valence-corrected chi connectivity index (χ3v) is 3.20. The van der Waals surface area contributed by atoms with E-state index in [0.29, 0.717) is 13.2 Å². The number of oxazole rings is 1. The Kier molecular flexibility index (Phi) is 3.99. The Morgan fingerprint density at radius 2 is 2.39 bits per heavy atom. The van der Waals surface area contributed by atoms with E-state index in [1.807, 2.05) is 26.0 Å². The molecular formula is C12H14N2O3S. The standard InChI is InChI=1S/C12H14N2O3S/c1-3-16-12-14-10(7-17-12)11(15)13-6-9-5-4-8(2)18-9/h4-5,7H,3,6H2,1-2H3,(H,13,15). The monoisotopic (exact) mass is 266 g/mol. The number of carbonyl (C=O) groups is 1. The van der Waals surface area contributed by atoms with Crippen molar-refractivity contribution in [1.29, 1.82) is 0 Å². The third-order valence-electron chi connectivity index (χ3n) is 2.20. The SMILES string of the molecule is CCOc1nc(C(=O)NCc2ccc(C)s2)co1. The van der Waals surface area contributed by atoms with E-state index in [2.05, 4.69) is 10.3 Å². The second-order valence-electron chi connectivity index (χ2n) is 3.63. The molecule has 6 heteroatoms. The predicted octanol–water partition coefficient (Wildman–Crippen LogP) is 2.37. The van der Waals surface area contributed by atoms with Gasteiger partial charge in [0.05, 0.1) is 13.2 Å². The molecule has 0 saturated carbocycles. The van der Waals surface area contributed by atoms with E-state index in [-0.39, 0.29) is 17.7 Å². The van der Waals surface area contributed by atoms with Crippen LogP contribution in [0.25, 0.3) is 0 Å². The molecule has 0 aliphatic carbocycles. The molecule has 1 N–H and O–H groups in total. The fourth-order valence-corrected chi connectivity index (χ4v) is 2.22. The quantitative estimate of drug-likeness (QED) is 0.902. The van der Waals surface area contributed by atoms with Gasteiger partial charge in [0, 0.05) is 9.75 Å². The van der Waals surface area contributed by atoms with E-state index in [1.54, 1.807) is 11.3 Å². The van der Waals surface area contributed by atoms with Crippen molar-refractivity contribution < 1.29 is 13.9 Å². The largest absolute Gasteiger partial charge is 0.450 e. The van der Waals surface area contributed by atoms with Crippen LogP contribution >= 0.6 is 11.3 Å². The lowest BCUT2D eigenvalue weighted by atomic mass is 10.4. The average Bonchev–Trinajstić information content (AvgIpc) is 2.96. The maximum absolute atomic E-state index is 11.8. The van der Waals surface area contributed by atoms with Crippen LogP contribution in [0.3, 0.4) is 0 Å². The molecule has 18 heavy (non-hydrogen) atoms. The molecule has 2 aromatic heterocycles. The van der Waals surface area contributed by atoms with Crippen LogP contribution in [0.15, 0.2) is 22.8 Å². The summed E-state index contributed by atoms with van der Waals surface area (Å²) in [6, 6.07) is 4.02. The van der Waals surface area contributed by atoms with Gasteiger partial charge in [-0.2, -0.15) is 4.98 Å².